The molecule has 0 saturated carbocycles. The first kappa shape index (κ1) is 13.5. The molecule has 0 aliphatic carbocycles. The quantitative estimate of drug-likeness (QED) is 0.818. The number of hydrogen-bond acceptors (Lipinski definition) is 3. The van der Waals surface area contributed by atoms with E-state index in [2.05, 4.69) is 30.1 Å². The number of anilines is 1. The second kappa shape index (κ2) is 6.93. The summed E-state index contributed by atoms with van der Waals surface area (Å²) in [5, 5.41) is 12.4. The molecule has 0 aliphatic heterocycles. The molecule has 1 N–H and O–H groups in total. The summed E-state index contributed by atoms with van der Waals surface area (Å²) < 4.78 is 0. The first-order valence-corrected chi connectivity index (χ1v) is 6.18. The Hall–Kier alpha value is -1.53. The lowest BCUT2D eigenvalue weighted by Crippen LogP contribution is -2.28. The van der Waals surface area contributed by atoms with Crippen LogP contribution in [-0.2, 0) is 0 Å². The van der Waals surface area contributed by atoms with Crippen LogP contribution in [0.4, 0.5) is 5.69 Å². The van der Waals surface area contributed by atoms with Gasteiger partial charge in [-0.3, -0.25) is 0 Å². The maximum absolute atomic E-state index is 9.10. The highest BCUT2D eigenvalue weighted by molar-refractivity contribution is 5.60. The van der Waals surface area contributed by atoms with Gasteiger partial charge in [0.15, 0.2) is 0 Å². The molecule has 0 heterocycles. The van der Waals surface area contributed by atoms with E-state index in [0.717, 1.165) is 43.0 Å². The summed E-state index contributed by atoms with van der Waals surface area (Å²) in [6.45, 7) is 10.3. The third-order valence-corrected chi connectivity index (χ3v) is 3.02. The Kier molecular flexibility index (Phi) is 5.51. The lowest BCUT2D eigenvalue weighted by atomic mass is 10.1. The number of hydrogen-bond donors (Lipinski definition) is 1. The minimum Gasteiger partial charge on any atom is -0.383 e. The van der Waals surface area contributed by atoms with Crippen LogP contribution in [0.3, 0.4) is 0 Å². The monoisotopic (exact) mass is 231 g/mol. The van der Waals surface area contributed by atoms with E-state index in [1.165, 1.54) is 0 Å². The highest BCUT2D eigenvalue weighted by atomic mass is 15.1. The SMILES string of the molecule is CCN(CC)CCNc1cccc(C)c1C#N. The Morgan fingerprint density at radius 2 is 2.00 bits per heavy atom. The maximum atomic E-state index is 9.10. The largest absolute Gasteiger partial charge is 0.383 e. The van der Waals surface area contributed by atoms with Crippen LogP contribution >= 0.6 is 0 Å². The molecule has 0 fully saturated rings. The molecule has 3 nitrogen and oxygen atoms in total. The fourth-order valence-corrected chi connectivity index (χ4v) is 1.85. The number of nitrogens with one attached hydrogen (secondary N) is 1. The first-order chi connectivity index (χ1) is 8.22. The molecule has 0 aromatic heterocycles. The van der Waals surface area contributed by atoms with Gasteiger partial charge in [0.1, 0.15) is 6.07 Å². The molecule has 0 radical (unpaired) electrons. The molecule has 0 aliphatic rings. The highest BCUT2D eigenvalue weighted by Gasteiger charge is 2.04. The molecular formula is C14H21N3. The summed E-state index contributed by atoms with van der Waals surface area (Å²) in [7, 11) is 0. The molecular weight excluding hydrogens is 210 g/mol. The van der Waals surface area contributed by atoms with Crippen LogP contribution in [0.2, 0.25) is 0 Å². The van der Waals surface area contributed by atoms with Crippen LogP contribution in [-0.4, -0.2) is 31.1 Å². The second-order valence-corrected chi connectivity index (χ2v) is 4.06. The van der Waals surface area contributed by atoms with Crippen molar-refractivity contribution in [1.82, 2.24) is 4.90 Å². The minimum absolute atomic E-state index is 0.757. The molecule has 3 heteroatoms. The summed E-state index contributed by atoms with van der Waals surface area (Å²) in [5.41, 5.74) is 2.73. The average molecular weight is 231 g/mol. The van der Waals surface area contributed by atoms with Crippen molar-refractivity contribution in [1.29, 1.82) is 5.26 Å². The normalized spacial score (nSPS) is 10.3. The Morgan fingerprint density at radius 3 is 2.59 bits per heavy atom. The van der Waals surface area contributed by atoms with E-state index in [9.17, 15) is 0 Å². The van der Waals surface area contributed by atoms with E-state index in [4.69, 9.17) is 5.26 Å². The Morgan fingerprint density at radius 1 is 1.29 bits per heavy atom. The molecule has 0 unspecified atom stereocenters. The van der Waals surface area contributed by atoms with E-state index in [1.54, 1.807) is 0 Å². The van der Waals surface area contributed by atoms with Gasteiger partial charge in [0.05, 0.1) is 11.3 Å². The third kappa shape index (κ3) is 3.76. The van der Waals surface area contributed by atoms with Crippen molar-refractivity contribution < 1.29 is 0 Å². The Bertz CT molecular complexity index is 389. The van der Waals surface area contributed by atoms with Crippen molar-refractivity contribution >= 4 is 5.69 Å². The summed E-state index contributed by atoms with van der Waals surface area (Å²) >= 11 is 0. The molecule has 0 saturated heterocycles. The first-order valence-electron chi connectivity index (χ1n) is 6.18. The summed E-state index contributed by atoms with van der Waals surface area (Å²) in [5.74, 6) is 0. The van der Waals surface area contributed by atoms with Crippen LogP contribution in [0.5, 0.6) is 0 Å². The van der Waals surface area contributed by atoms with Gasteiger partial charge in [-0.15, -0.1) is 0 Å². The van der Waals surface area contributed by atoms with Crippen molar-refractivity contribution in [3.05, 3.63) is 29.3 Å². The van der Waals surface area contributed by atoms with Gasteiger partial charge in [-0.1, -0.05) is 26.0 Å². The van der Waals surface area contributed by atoms with Crippen LogP contribution in [0, 0.1) is 18.3 Å². The predicted molar refractivity (Wildman–Crippen MR) is 72.2 cm³/mol. The molecule has 1 rings (SSSR count). The molecule has 0 spiro atoms. The fourth-order valence-electron chi connectivity index (χ4n) is 1.85. The van der Waals surface area contributed by atoms with Gasteiger partial charge in [-0.25, -0.2) is 0 Å². The molecule has 17 heavy (non-hydrogen) atoms. The zero-order valence-electron chi connectivity index (χ0n) is 11.0. The Balaban J connectivity index is 2.58. The van der Waals surface area contributed by atoms with Crippen LogP contribution in [0.1, 0.15) is 25.0 Å². The van der Waals surface area contributed by atoms with Gasteiger partial charge < -0.3 is 10.2 Å². The van der Waals surface area contributed by atoms with Gasteiger partial charge >= 0.3 is 0 Å². The van der Waals surface area contributed by atoms with E-state index >= 15 is 0 Å². The summed E-state index contributed by atoms with van der Waals surface area (Å²) in [6.07, 6.45) is 0. The molecule has 1 aromatic carbocycles. The van der Waals surface area contributed by atoms with E-state index < -0.39 is 0 Å². The lowest BCUT2D eigenvalue weighted by molar-refractivity contribution is 0.316. The molecule has 0 amide bonds. The lowest BCUT2D eigenvalue weighted by Gasteiger charge is -2.19. The zero-order valence-corrected chi connectivity index (χ0v) is 11.0. The van der Waals surface area contributed by atoms with Crippen molar-refractivity contribution in [3.8, 4) is 6.07 Å². The van der Waals surface area contributed by atoms with Gasteiger partial charge in [-0.2, -0.15) is 5.26 Å². The van der Waals surface area contributed by atoms with Gasteiger partial charge in [0, 0.05) is 13.1 Å². The third-order valence-electron chi connectivity index (χ3n) is 3.02. The van der Waals surface area contributed by atoms with E-state index in [-0.39, 0.29) is 0 Å². The van der Waals surface area contributed by atoms with Crippen LogP contribution < -0.4 is 5.32 Å². The molecule has 0 bridgehead atoms. The van der Waals surface area contributed by atoms with Crippen molar-refractivity contribution in [2.24, 2.45) is 0 Å². The minimum atomic E-state index is 0.757. The molecule has 0 atom stereocenters. The van der Waals surface area contributed by atoms with Crippen molar-refractivity contribution in [3.63, 3.8) is 0 Å². The van der Waals surface area contributed by atoms with Crippen LogP contribution in [0.15, 0.2) is 18.2 Å². The average Bonchev–Trinajstić information content (AvgIpc) is 2.35. The van der Waals surface area contributed by atoms with Crippen molar-refractivity contribution in [2.75, 3.05) is 31.5 Å². The summed E-state index contributed by atoms with van der Waals surface area (Å²) in [4.78, 5) is 2.36. The number of likely N-dealkylation sites (N-methyl/N-ethyl adjacent to an activating group) is 1. The zero-order chi connectivity index (χ0) is 12.7. The van der Waals surface area contributed by atoms with E-state index in [0.29, 0.717) is 0 Å². The standard InChI is InChI=1S/C14H21N3/c1-4-17(5-2)10-9-16-14-8-6-7-12(3)13(14)11-15/h6-8,16H,4-5,9-10H2,1-3H3. The number of nitrogens with zero attached hydrogens (tertiary/aromatic N) is 2. The Labute approximate surface area is 104 Å². The second-order valence-electron chi connectivity index (χ2n) is 4.06. The van der Waals surface area contributed by atoms with Crippen molar-refractivity contribution in [2.45, 2.75) is 20.8 Å². The van der Waals surface area contributed by atoms with E-state index in [1.807, 2.05) is 25.1 Å². The van der Waals surface area contributed by atoms with Crippen LogP contribution in [0.25, 0.3) is 0 Å². The number of rotatable bonds is 6. The number of aryl methyl sites for hydroxylation is 1. The summed E-state index contributed by atoms with van der Waals surface area (Å²) in [6, 6.07) is 8.17. The smallest absolute Gasteiger partial charge is 0.102 e. The molecule has 1 aromatic rings. The van der Waals surface area contributed by atoms with Gasteiger partial charge in [0.25, 0.3) is 0 Å². The van der Waals surface area contributed by atoms with Gasteiger partial charge in [-0.05, 0) is 31.6 Å². The highest BCUT2D eigenvalue weighted by Crippen LogP contribution is 2.17. The topological polar surface area (TPSA) is 39.1 Å². The fraction of sp³-hybridized carbons (Fsp3) is 0.500. The maximum Gasteiger partial charge on any atom is 0.102 e. The number of nitriles is 1. The number of benzene rings is 1. The van der Waals surface area contributed by atoms with Gasteiger partial charge in [0.2, 0.25) is 0 Å². The predicted octanol–water partition coefficient (Wildman–Crippen LogP) is 2.62. The molecule has 92 valence electrons.